The van der Waals surface area contributed by atoms with Crippen LogP contribution in [0.2, 0.25) is 0 Å². The molecule has 0 bridgehead atoms. The van der Waals surface area contributed by atoms with Crippen LogP contribution in [0.15, 0.2) is 18.7 Å². The molecule has 2 aromatic rings. The van der Waals surface area contributed by atoms with Gasteiger partial charge in [-0.15, -0.1) is 0 Å². The second-order valence-electron chi connectivity index (χ2n) is 2.10. The molecule has 0 saturated heterocycles. The van der Waals surface area contributed by atoms with Gasteiger partial charge >= 0.3 is 0 Å². The molecule has 0 aliphatic carbocycles. The summed E-state index contributed by atoms with van der Waals surface area (Å²) in [6.07, 6.45) is 4.68. The molecule has 2 rings (SSSR count). The van der Waals surface area contributed by atoms with E-state index in [2.05, 4.69) is 15.0 Å². The summed E-state index contributed by atoms with van der Waals surface area (Å²) >= 11 is 0. The lowest BCUT2D eigenvalue weighted by Gasteiger charge is -1.87. The molecular formula is C7H4N4. The molecule has 4 nitrogen and oxygen atoms in total. The van der Waals surface area contributed by atoms with Crippen molar-refractivity contribution >= 4 is 11.0 Å². The van der Waals surface area contributed by atoms with Gasteiger partial charge in [-0.2, -0.15) is 5.26 Å². The van der Waals surface area contributed by atoms with Crippen molar-refractivity contribution < 1.29 is 0 Å². The minimum Gasteiger partial charge on any atom is -0.343 e. The van der Waals surface area contributed by atoms with Gasteiger partial charge in [-0.05, 0) is 0 Å². The summed E-state index contributed by atoms with van der Waals surface area (Å²) in [4.78, 5) is 10.7. The van der Waals surface area contributed by atoms with Crippen LogP contribution in [0.3, 0.4) is 0 Å². The van der Waals surface area contributed by atoms with Gasteiger partial charge in [-0.3, -0.25) is 4.98 Å². The van der Waals surface area contributed by atoms with Crippen LogP contribution in [0.4, 0.5) is 0 Å². The van der Waals surface area contributed by atoms with Crippen LogP contribution in [0.25, 0.3) is 11.0 Å². The number of nitrogens with one attached hydrogen (secondary N) is 1. The largest absolute Gasteiger partial charge is 0.343 e. The molecule has 0 aliphatic heterocycles. The first-order valence-electron chi connectivity index (χ1n) is 3.09. The van der Waals surface area contributed by atoms with E-state index in [0.29, 0.717) is 5.56 Å². The van der Waals surface area contributed by atoms with Gasteiger partial charge in [0, 0.05) is 6.20 Å². The third-order valence-corrected chi connectivity index (χ3v) is 1.46. The van der Waals surface area contributed by atoms with Crippen molar-refractivity contribution in [2.45, 2.75) is 0 Å². The van der Waals surface area contributed by atoms with E-state index in [-0.39, 0.29) is 0 Å². The number of hydrogen-bond donors (Lipinski definition) is 1. The van der Waals surface area contributed by atoms with Gasteiger partial charge in [-0.1, -0.05) is 0 Å². The molecule has 0 aromatic carbocycles. The van der Waals surface area contributed by atoms with E-state index >= 15 is 0 Å². The van der Waals surface area contributed by atoms with Crippen molar-refractivity contribution in [3.63, 3.8) is 0 Å². The van der Waals surface area contributed by atoms with E-state index in [1.165, 1.54) is 6.20 Å². The van der Waals surface area contributed by atoms with Crippen molar-refractivity contribution in [2.75, 3.05) is 0 Å². The maximum atomic E-state index is 8.62. The number of fused-ring (bicyclic) bond motifs is 1. The highest BCUT2D eigenvalue weighted by atomic mass is 14.9. The topological polar surface area (TPSA) is 65.4 Å². The van der Waals surface area contributed by atoms with E-state index in [4.69, 9.17) is 5.26 Å². The quantitative estimate of drug-likeness (QED) is 0.595. The van der Waals surface area contributed by atoms with Crippen molar-refractivity contribution in [3.8, 4) is 6.07 Å². The maximum absolute atomic E-state index is 8.62. The van der Waals surface area contributed by atoms with Gasteiger partial charge < -0.3 is 4.98 Å². The van der Waals surface area contributed by atoms with Crippen molar-refractivity contribution in [1.82, 2.24) is 15.0 Å². The monoisotopic (exact) mass is 144 g/mol. The van der Waals surface area contributed by atoms with Crippen molar-refractivity contribution in [2.24, 2.45) is 0 Å². The fourth-order valence-corrected chi connectivity index (χ4v) is 0.950. The van der Waals surface area contributed by atoms with E-state index in [1.807, 2.05) is 6.07 Å². The molecule has 2 heterocycles. The van der Waals surface area contributed by atoms with E-state index in [9.17, 15) is 0 Å². The lowest BCUT2D eigenvalue weighted by atomic mass is 10.3. The number of pyridine rings is 1. The predicted octanol–water partition coefficient (Wildman–Crippen LogP) is 0.830. The second kappa shape index (κ2) is 2.06. The number of H-pyrrole nitrogens is 1. The first-order chi connectivity index (χ1) is 5.42. The molecule has 0 spiro atoms. The zero-order valence-electron chi connectivity index (χ0n) is 5.57. The summed E-state index contributed by atoms with van der Waals surface area (Å²) in [5, 5.41) is 8.62. The molecule has 1 N–H and O–H groups in total. The number of imidazole rings is 1. The van der Waals surface area contributed by atoms with Crippen molar-refractivity contribution in [1.29, 1.82) is 5.26 Å². The van der Waals surface area contributed by atoms with Crippen molar-refractivity contribution in [3.05, 3.63) is 24.3 Å². The number of rotatable bonds is 0. The van der Waals surface area contributed by atoms with Gasteiger partial charge in [0.1, 0.15) is 11.6 Å². The SMILES string of the molecule is N#Cc1cncc2nc[nH]c12. The Morgan fingerprint density at radius 1 is 1.45 bits per heavy atom. The zero-order valence-corrected chi connectivity index (χ0v) is 5.57. The Kier molecular flexibility index (Phi) is 1.10. The molecule has 52 valence electrons. The van der Waals surface area contributed by atoms with E-state index in [1.54, 1.807) is 12.5 Å². The minimum absolute atomic E-state index is 0.528. The van der Waals surface area contributed by atoms with E-state index in [0.717, 1.165) is 11.0 Å². The third kappa shape index (κ3) is 0.749. The zero-order chi connectivity index (χ0) is 7.68. The molecule has 0 atom stereocenters. The highest BCUT2D eigenvalue weighted by Gasteiger charge is 2.00. The second-order valence-corrected chi connectivity index (χ2v) is 2.10. The molecule has 0 amide bonds. The number of aromatic amines is 1. The Bertz CT molecular complexity index is 423. The molecule has 4 heteroatoms. The summed E-state index contributed by atoms with van der Waals surface area (Å²) in [7, 11) is 0. The molecule has 2 aromatic heterocycles. The average molecular weight is 144 g/mol. The summed E-state index contributed by atoms with van der Waals surface area (Å²) < 4.78 is 0. The average Bonchev–Trinajstić information content (AvgIpc) is 2.50. The standard InChI is InChI=1S/C7H4N4/c8-1-5-2-9-3-6-7(5)11-4-10-6/h2-4H,(H,10,11). The molecule has 0 aliphatic rings. The number of aromatic nitrogens is 3. The fourth-order valence-electron chi connectivity index (χ4n) is 0.950. The van der Waals surface area contributed by atoms with Crippen LogP contribution in [-0.4, -0.2) is 15.0 Å². The van der Waals surface area contributed by atoms with Gasteiger partial charge in [0.05, 0.1) is 23.6 Å². The first-order valence-corrected chi connectivity index (χ1v) is 3.09. The van der Waals surface area contributed by atoms with Crippen LogP contribution >= 0.6 is 0 Å². The fraction of sp³-hybridized carbons (Fsp3) is 0. The maximum Gasteiger partial charge on any atom is 0.108 e. The molecule has 11 heavy (non-hydrogen) atoms. The van der Waals surface area contributed by atoms with Gasteiger partial charge in [0.25, 0.3) is 0 Å². The Labute approximate surface area is 62.5 Å². The summed E-state index contributed by atoms with van der Waals surface area (Å²) in [5.41, 5.74) is 2.01. The lowest BCUT2D eigenvalue weighted by molar-refractivity contribution is 1.32. The first kappa shape index (κ1) is 5.86. The highest BCUT2D eigenvalue weighted by molar-refractivity contribution is 5.79. The normalized spacial score (nSPS) is 9.73. The Morgan fingerprint density at radius 2 is 2.36 bits per heavy atom. The Morgan fingerprint density at radius 3 is 3.18 bits per heavy atom. The molecular weight excluding hydrogens is 140 g/mol. The number of nitriles is 1. The van der Waals surface area contributed by atoms with Crippen LogP contribution in [0.1, 0.15) is 5.56 Å². The summed E-state index contributed by atoms with van der Waals surface area (Å²) in [5.74, 6) is 0. The highest BCUT2D eigenvalue weighted by Crippen LogP contribution is 2.10. The van der Waals surface area contributed by atoms with Gasteiger partial charge in [0.15, 0.2) is 0 Å². The molecule has 0 fully saturated rings. The Balaban J connectivity index is 2.92. The molecule has 0 radical (unpaired) electrons. The lowest BCUT2D eigenvalue weighted by Crippen LogP contribution is -1.79. The summed E-state index contributed by atoms with van der Waals surface area (Å²) in [6, 6.07) is 2.02. The summed E-state index contributed by atoms with van der Waals surface area (Å²) in [6.45, 7) is 0. The van der Waals surface area contributed by atoms with Crippen LogP contribution in [0.5, 0.6) is 0 Å². The number of hydrogen-bond acceptors (Lipinski definition) is 3. The van der Waals surface area contributed by atoms with Crippen LogP contribution < -0.4 is 0 Å². The predicted molar refractivity (Wildman–Crippen MR) is 38.6 cm³/mol. The van der Waals surface area contributed by atoms with Crippen LogP contribution in [0, 0.1) is 11.3 Å². The van der Waals surface area contributed by atoms with Crippen LogP contribution in [-0.2, 0) is 0 Å². The van der Waals surface area contributed by atoms with Gasteiger partial charge in [0.2, 0.25) is 0 Å². The van der Waals surface area contributed by atoms with Gasteiger partial charge in [-0.25, -0.2) is 4.98 Å². The third-order valence-electron chi connectivity index (χ3n) is 1.46. The number of nitrogens with zero attached hydrogens (tertiary/aromatic N) is 3. The molecule has 0 saturated carbocycles. The smallest absolute Gasteiger partial charge is 0.108 e. The molecule has 0 unspecified atom stereocenters. The Hall–Kier alpha value is -1.89. The minimum atomic E-state index is 0.528. The van der Waals surface area contributed by atoms with E-state index < -0.39 is 0 Å².